The van der Waals surface area contributed by atoms with Crippen LogP contribution >= 0.6 is 0 Å². The molecular weight excluding hydrogens is 254 g/mol. The molecule has 0 aliphatic heterocycles. The summed E-state index contributed by atoms with van der Waals surface area (Å²) in [6.45, 7) is 0.427. The van der Waals surface area contributed by atoms with E-state index in [1.54, 1.807) is 29.0 Å². The van der Waals surface area contributed by atoms with E-state index >= 15 is 0 Å². The SMILES string of the molecule is CN(Cc1ncc[nH]1)C(=O)c1nn(C)c2ccccc12. The highest BCUT2D eigenvalue weighted by Crippen LogP contribution is 2.18. The van der Waals surface area contributed by atoms with E-state index in [0.717, 1.165) is 16.7 Å². The smallest absolute Gasteiger partial charge is 0.275 e. The number of imidazole rings is 1. The molecule has 0 aliphatic rings. The summed E-state index contributed by atoms with van der Waals surface area (Å²) in [5.41, 5.74) is 1.42. The van der Waals surface area contributed by atoms with Crippen molar-refractivity contribution in [2.45, 2.75) is 6.54 Å². The molecule has 3 rings (SSSR count). The lowest BCUT2D eigenvalue weighted by Gasteiger charge is -2.14. The zero-order chi connectivity index (χ0) is 14.1. The number of nitrogens with zero attached hydrogens (tertiary/aromatic N) is 4. The first-order valence-electron chi connectivity index (χ1n) is 6.32. The lowest BCUT2D eigenvalue weighted by molar-refractivity contribution is 0.0777. The Morgan fingerprint density at radius 1 is 1.40 bits per heavy atom. The third-order valence-corrected chi connectivity index (χ3v) is 3.25. The lowest BCUT2D eigenvalue weighted by atomic mass is 10.2. The average molecular weight is 269 g/mol. The summed E-state index contributed by atoms with van der Waals surface area (Å²) in [5.74, 6) is 0.638. The number of hydrogen-bond donors (Lipinski definition) is 1. The molecule has 20 heavy (non-hydrogen) atoms. The minimum absolute atomic E-state index is 0.113. The van der Waals surface area contributed by atoms with Crippen LogP contribution in [0.2, 0.25) is 0 Å². The molecule has 0 spiro atoms. The fraction of sp³-hybridized carbons (Fsp3) is 0.214. The van der Waals surface area contributed by atoms with Crippen LogP contribution in [0.15, 0.2) is 36.7 Å². The largest absolute Gasteiger partial charge is 0.347 e. The zero-order valence-electron chi connectivity index (χ0n) is 11.4. The molecule has 6 heteroatoms. The van der Waals surface area contributed by atoms with Gasteiger partial charge in [-0.25, -0.2) is 4.98 Å². The Morgan fingerprint density at radius 2 is 2.20 bits per heavy atom. The number of H-pyrrole nitrogens is 1. The number of aryl methyl sites for hydroxylation is 1. The normalized spacial score (nSPS) is 10.9. The van der Waals surface area contributed by atoms with Crippen LogP contribution in [0.5, 0.6) is 0 Å². The van der Waals surface area contributed by atoms with Gasteiger partial charge in [-0.2, -0.15) is 5.10 Å². The van der Waals surface area contributed by atoms with E-state index < -0.39 is 0 Å². The second-order valence-corrected chi connectivity index (χ2v) is 4.69. The van der Waals surface area contributed by atoms with Gasteiger partial charge in [0.05, 0.1) is 12.1 Å². The number of fused-ring (bicyclic) bond motifs is 1. The van der Waals surface area contributed by atoms with Gasteiger partial charge in [-0.05, 0) is 6.07 Å². The number of hydrogen-bond acceptors (Lipinski definition) is 3. The van der Waals surface area contributed by atoms with Crippen LogP contribution in [0.3, 0.4) is 0 Å². The van der Waals surface area contributed by atoms with Gasteiger partial charge >= 0.3 is 0 Å². The maximum atomic E-state index is 12.5. The molecule has 3 aromatic rings. The molecule has 0 bridgehead atoms. The van der Waals surface area contributed by atoms with Gasteiger partial charge in [0.25, 0.3) is 5.91 Å². The van der Waals surface area contributed by atoms with Crippen molar-refractivity contribution in [2.75, 3.05) is 7.05 Å². The Bertz CT molecular complexity index is 744. The van der Waals surface area contributed by atoms with Crippen molar-refractivity contribution < 1.29 is 4.79 Å². The van der Waals surface area contributed by atoms with Crippen LogP contribution in [-0.4, -0.2) is 37.6 Å². The summed E-state index contributed by atoms with van der Waals surface area (Å²) >= 11 is 0. The van der Waals surface area contributed by atoms with Gasteiger partial charge in [0.15, 0.2) is 5.69 Å². The number of aromatic amines is 1. The molecule has 1 aromatic carbocycles. The molecule has 102 valence electrons. The number of amides is 1. The standard InChI is InChI=1S/C14H15N5O/c1-18(9-12-15-7-8-16-12)14(20)13-10-5-3-4-6-11(10)19(2)17-13/h3-8H,9H2,1-2H3,(H,15,16). The van der Waals surface area contributed by atoms with E-state index in [4.69, 9.17) is 0 Å². The summed E-state index contributed by atoms with van der Waals surface area (Å²) in [6, 6.07) is 7.71. The highest BCUT2D eigenvalue weighted by molar-refractivity contribution is 6.04. The predicted octanol–water partition coefficient (Wildman–Crippen LogP) is 1.57. The first-order valence-corrected chi connectivity index (χ1v) is 6.32. The second kappa shape index (κ2) is 4.80. The number of nitrogens with one attached hydrogen (secondary N) is 1. The third-order valence-electron chi connectivity index (χ3n) is 3.25. The van der Waals surface area contributed by atoms with Crippen LogP contribution in [0.4, 0.5) is 0 Å². The quantitative estimate of drug-likeness (QED) is 0.784. The monoisotopic (exact) mass is 269 g/mol. The van der Waals surface area contributed by atoms with Gasteiger partial charge in [0, 0.05) is 31.9 Å². The molecule has 0 saturated heterocycles. The van der Waals surface area contributed by atoms with Crippen LogP contribution in [0, 0.1) is 0 Å². The molecule has 6 nitrogen and oxygen atoms in total. The number of rotatable bonds is 3. The van der Waals surface area contributed by atoms with Gasteiger partial charge in [-0.3, -0.25) is 9.48 Å². The van der Waals surface area contributed by atoms with E-state index in [0.29, 0.717) is 12.2 Å². The molecule has 2 heterocycles. The molecular formula is C14H15N5O. The first kappa shape index (κ1) is 12.4. The minimum atomic E-state index is -0.113. The Morgan fingerprint density at radius 3 is 2.95 bits per heavy atom. The fourth-order valence-corrected chi connectivity index (χ4v) is 2.23. The Hall–Kier alpha value is -2.63. The molecule has 0 fully saturated rings. The maximum Gasteiger partial charge on any atom is 0.275 e. The highest BCUT2D eigenvalue weighted by atomic mass is 16.2. The molecule has 0 saturated carbocycles. The van der Waals surface area contributed by atoms with Crippen LogP contribution < -0.4 is 0 Å². The molecule has 0 unspecified atom stereocenters. The minimum Gasteiger partial charge on any atom is -0.347 e. The van der Waals surface area contributed by atoms with E-state index in [9.17, 15) is 4.79 Å². The van der Waals surface area contributed by atoms with Crippen LogP contribution in [-0.2, 0) is 13.6 Å². The van der Waals surface area contributed by atoms with Crippen molar-refractivity contribution in [2.24, 2.45) is 7.05 Å². The van der Waals surface area contributed by atoms with Crippen molar-refractivity contribution >= 4 is 16.8 Å². The third kappa shape index (κ3) is 2.05. The fourth-order valence-electron chi connectivity index (χ4n) is 2.23. The van der Waals surface area contributed by atoms with Crippen molar-refractivity contribution in [3.8, 4) is 0 Å². The van der Waals surface area contributed by atoms with Gasteiger partial charge in [-0.15, -0.1) is 0 Å². The lowest BCUT2D eigenvalue weighted by Crippen LogP contribution is -2.27. The highest BCUT2D eigenvalue weighted by Gasteiger charge is 2.19. The predicted molar refractivity (Wildman–Crippen MR) is 75.1 cm³/mol. The summed E-state index contributed by atoms with van der Waals surface area (Å²) in [6.07, 6.45) is 3.41. The van der Waals surface area contributed by atoms with Crippen molar-refractivity contribution in [3.05, 3.63) is 48.2 Å². The van der Waals surface area contributed by atoms with Crippen molar-refractivity contribution in [1.29, 1.82) is 0 Å². The Labute approximate surface area is 116 Å². The van der Waals surface area contributed by atoms with Gasteiger partial charge in [0.2, 0.25) is 0 Å². The van der Waals surface area contributed by atoms with Crippen LogP contribution in [0.25, 0.3) is 10.9 Å². The number of carbonyl (C=O) groups excluding carboxylic acids is 1. The molecule has 1 N–H and O–H groups in total. The molecule has 0 aliphatic carbocycles. The van der Waals surface area contributed by atoms with Crippen LogP contribution in [0.1, 0.15) is 16.3 Å². The van der Waals surface area contributed by atoms with E-state index in [1.807, 2.05) is 31.3 Å². The average Bonchev–Trinajstić information content (AvgIpc) is 3.07. The van der Waals surface area contributed by atoms with Gasteiger partial charge < -0.3 is 9.88 Å². The van der Waals surface area contributed by atoms with Crippen molar-refractivity contribution in [1.82, 2.24) is 24.6 Å². The van der Waals surface area contributed by atoms with E-state index in [-0.39, 0.29) is 5.91 Å². The summed E-state index contributed by atoms with van der Waals surface area (Å²) in [7, 11) is 3.58. The molecule has 1 amide bonds. The zero-order valence-corrected chi connectivity index (χ0v) is 11.4. The summed E-state index contributed by atoms with van der Waals surface area (Å²) in [5, 5.41) is 5.20. The topological polar surface area (TPSA) is 66.8 Å². The molecule has 0 atom stereocenters. The summed E-state index contributed by atoms with van der Waals surface area (Å²) in [4.78, 5) is 21.2. The Kier molecular flexibility index (Phi) is 2.98. The maximum absolute atomic E-state index is 12.5. The Balaban J connectivity index is 1.92. The number of carbonyl (C=O) groups is 1. The van der Waals surface area contributed by atoms with Crippen molar-refractivity contribution in [3.63, 3.8) is 0 Å². The number of aromatic nitrogens is 4. The van der Waals surface area contributed by atoms with Gasteiger partial charge in [0.1, 0.15) is 5.82 Å². The van der Waals surface area contributed by atoms with E-state index in [2.05, 4.69) is 15.1 Å². The summed E-state index contributed by atoms with van der Waals surface area (Å²) < 4.78 is 1.73. The second-order valence-electron chi connectivity index (χ2n) is 4.69. The van der Waals surface area contributed by atoms with Gasteiger partial charge in [-0.1, -0.05) is 18.2 Å². The number of benzene rings is 1. The first-order chi connectivity index (χ1) is 9.66. The van der Waals surface area contributed by atoms with E-state index in [1.165, 1.54) is 0 Å². The number of para-hydroxylation sites is 1. The molecule has 0 radical (unpaired) electrons. The molecule has 2 aromatic heterocycles.